The maximum atomic E-state index is 13.1. The van der Waals surface area contributed by atoms with Crippen molar-refractivity contribution in [3.05, 3.63) is 70.7 Å². The molecule has 3 heterocycles. The number of hydrogen-bond donors (Lipinski definition) is 3. The molecule has 220 valence electrons. The highest BCUT2D eigenvalue weighted by atomic mass is 35.5. The number of aliphatic hydroxyl groups excluding tert-OH is 1. The fourth-order valence-corrected chi connectivity index (χ4v) is 6.10. The van der Waals surface area contributed by atoms with E-state index in [0.29, 0.717) is 36.0 Å². The van der Waals surface area contributed by atoms with Crippen LogP contribution in [0.2, 0.25) is 5.02 Å². The van der Waals surface area contributed by atoms with E-state index in [1.165, 1.54) is 0 Å². The molecule has 1 amide bonds. The van der Waals surface area contributed by atoms with Crippen LogP contribution in [0.4, 0.5) is 11.4 Å². The lowest BCUT2D eigenvalue weighted by molar-refractivity contribution is -0.128. The number of likely N-dealkylation sites (tertiary alicyclic amines) is 1. The molecule has 0 bridgehead atoms. The van der Waals surface area contributed by atoms with Crippen molar-refractivity contribution in [2.75, 3.05) is 39.6 Å². The topological polar surface area (TPSA) is 93.7 Å². The first-order valence-corrected chi connectivity index (χ1v) is 14.7. The van der Waals surface area contributed by atoms with E-state index < -0.39 is 11.6 Å². The van der Waals surface area contributed by atoms with Gasteiger partial charge in [0.15, 0.2) is 5.75 Å². The molecule has 1 saturated heterocycles. The van der Waals surface area contributed by atoms with E-state index in [1.807, 2.05) is 55.1 Å². The van der Waals surface area contributed by atoms with Crippen LogP contribution in [0.15, 0.2) is 48.8 Å². The van der Waals surface area contributed by atoms with Gasteiger partial charge >= 0.3 is 0 Å². The van der Waals surface area contributed by atoms with Crippen LogP contribution in [-0.2, 0) is 11.2 Å². The number of ether oxygens (including phenoxy) is 1. The number of halogens is 1. The quantitative estimate of drug-likeness (QED) is 0.242. The van der Waals surface area contributed by atoms with Crippen molar-refractivity contribution in [2.45, 2.75) is 50.7 Å². The van der Waals surface area contributed by atoms with Crippen LogP contribution in [0.25, 0.3) is 11.3 Å². The highest BCUT2D eigenvalue weighted by Crippen LogP contribution is 2.45. The summed E-state index contributed by atoms with van der Waals surface area (Å²) in [5.41, 5.74) is 5.11. The number of pyridine rings is 1. The van der Waals surface area contributed by atoms with Gasteiger partial charge in [-0.2, -0.15) is 0 Å². The van der Waals surface area contributed by atoms with Gasteiger partial charge in [-0.3, -0.25) is 9.78 Å². The Morgan fingerprint density at radius 1 is 1.36 bits per heavy atom. The lowest BCUT2D eigenvalue weighted by Crippen LogP contribution is -2.43. The largest absolute Gasteiger partial charge is 0.493 e. The monoisotopic (exact) mass is 587 g/mol. The first kappa shape index (κ1) is 29.7. The van der Waals surface area contributed by atoms with Crippen LogP contribution >= 0.6 is 11.6 Å². The van der Waals surface area contributed by atoms with Gasteiger partial charge in [0.2, 0.25) is 5.91 Å². The predicted octanol–water partition coefficient (Wildman–Crippen LogP) is 5.70. The molecule has 3 aromatic rings. The molecule has 1 fully saturated rings. The number of fused-ring (bicyclic) bond motifs is 1. The number of H-pyrrole nitrogens is 1. The molecule has 1 aromatic carbocycles. The third-order valence-corrected chi connectivity index (χ3v) is 8.28. The molecule has 0 saturated carbocycles. The summed E-state index contributed by atoms with van der Waals surface area (Å²) < 4.78 is 5.60. The summed E-state index contributed by atoms with van der Waals surface area (Å²) in [5, 5.41) is 15.1. The minimum absolute atomic E-state index is 0.0226. The van der Waals surface area contributed by atoms with Gasteiger partial charge in [-0.25, -0.2) is 0 Å². The normalized spacial score (nSPS) is 20.0. The number of aliphatic hydroxyl groups is 1. The Kier molecular flexibility index (Phi) is 8.93. The van der Waals surface area contributed by atoms with Crippen molar-refractivity contribution in [3.63, 3.8) is 0 Å². The zero-order valence-electron chi connectivity index (χ0n) is 24.6. The Hall–Kier alpha value is -3.77. The lowest BCUT2D eigenvalue weighted by Gasteiger charge is -2.29. The van der Waals surface area contributed by atoms with E-state index in [0.717, 1.165) is 59.4 Å². The predicted molar refractivity (Wildman–Crippen MR) is 167 cm³/mol. The van der Waals surface area contributed by atoms with Gasteiger partial charge in [-0.1, -0.05) is 35.6 Å². The van der Waals surface area contributed by atoms with Crippen molar-refractivity contribution >= 4 is 28.9 Å². The Labute approximate surface area is 252 Å². The fraction of sp³-hybridized carbons (Fsp3) is 0.394. The van der Waals surface area contributed by atoms with Crippen LogP contribution in [0.1, 0.15) is 55.5 Å². The average Bonchev–Trinajstić information content (AvgIpc) is 3.53. The van der Waals surface area contributed by atoms with Crippen molar-refractivity contribution in [2.24, 2.45) is 0 Å². The summed E-state index contributed by atoms with van der Waals surface area (Å²) in [6, 6.07) is 7.46. The molecular weight excluding hydrogens is 550 g/mol. The molecule has 0 radical (unpaired) electrons. The molecule has 2 atom stereocenters. The average molecular weight is 588 g/mol. The standard InChI is InChI=1S/C33H38ClN5O3/c1-33(16-8-20-39(33)28(41)13-7-19-38(2)3)17-14-22-21-35-18-15-23(22)30-31(29-25(36-30)10-6-12-27(29)40)37-26-11-5-9-24(34)32(26)42-4/h5,7,9,11,13,15,18,21,27,36-37,40H,6,8,10,12,16,19-20H2,1-4H3/b13-7+/t27?,33-/m0/s1. The lowest BCUT2D eigenvalue weighted by atomic mass is 9.93. The number of aromatic amines is 1. The first-order valence-electron chi connectivity index (χ1n) is 14.3. The van der Waals surface area contributed by atoms with E-state index >= 15 is 0 Å². The van der Waals surface area contributed by atoms with Crippen LogP contribution in [0, 0.1) is 11.8 Å². The summed E-state index contributed by atoms with van der Waals surface area (Å²) in [6.07, 6.45) is 10.5. The zero-order chi connectivity index (χ0) is 29.9. The van der Waals surface area contributed by atoms with Gasteiger partial charge in [-0.15, -0.1) is 0 Å². The number of benzene rings is 1. The molecule has 3 N–H and O–H groups in total. The highest BCUT2D eigenvalue weighted by Gasteiger charge is 2.37. The first-order chi connectivity index (χ1) is 20.2. The number of nitrogens with one attached hydrogen (secondary N) is 2. The molecule has 9 heteroatoms. The van der Waals surface area contributed by atoms with Crippen LogP contribution in [0.5, 0.6) is 5.75 Å². The van der Waals surface area contributed by atoms with Crippen LogP contribution < -0.4 is 10.1 Å². The molecule has 0 spiro atoms. The summed E-state index contributed by atoms with van der Waals surface area (Å²) in [5.74, 6) is 7.31. The highest BCUT2D eigenvalue weighted by molar-refractivity contribution is 6.32. The summed E-state index contributed by atoms with van der Waals surface area (Å²) >= 11 is 6.43. The number of rotatable bonds is 7. The number of carbonyl (C=O) groups excluding carboxylic acids is 1. The molecule has 2 aliphatic rings. The van der Waals surface area contributed by atoms with Crippen molar-refractivity contribution < 1.29 is 14.6 Å². The van der Waals surface area contributed by atoms with Gasteiger partial charge in [0.1, 0.15) is 5.54 Å². The fourth-order valence-electron chi connectivity index (χ4n) is 5.84. The minimum Gasteiger partial charge on any atom is -0.493 e. The number of anilines is 2. The molecular formula is C33H38ClN5O3. The van der Waals surface area contributed by atoms with E-state index in [9.17, 15) is 9.90 Å². The van der Waals surface area contributed by atoms with Crippen molar-refractivity contribution in [1.29, 1.82) is 0 Å². The van der Waals surface area contributed by atoms with Gasteiger partial charge < -0.3 is 29.9 Å². The molecule has 5 rings (SSSR count). The molecule has 1 aliphatic heterocycles. The van der Waals surface area contributed by atoms with E-state index in [2.05, 4.69) is 27.1 Å². The molecule has 1 unspecified atom stereocenters. The number of para-hydroxylation sites is 1. The van der Waals surface area contributed by atoms with E-state index in [1.54, 1.807) is 31.6 Å². The van der Waals surface area contributed by atoms with Gasteiger partial charge in [0.05, 0.1) is 40.9 Å². The van der Waals surface area contributed by atoms with Crippen molar-refractivity contribution in [1.82, 2.24) is 19.8 Å². The number of likely N-dealkylation sites (N-methyl/N-ethyl adjacent to an activating group) is 1. The maximum absolute atomic E-state index is 13.1. The summed E-state index contributed by atoms with van der Waals surface area (Å²) in [6.45, 7) is 3.41. The van der Waals surface area contributed by atoms with Gasteiger partial charge in [-0.05, 0) is 71.3 Å². The Morgan fingerprint density at radius 3 is 2.98 bits per heavy atom. The number of aromatic nitrogens is 2. The second-order valence-electron chi connectivity index (χ2n) is 11.3. The third kappa shape index (κ3) is 6.05. The number of amides is 1. The van der Waals surface area contributed by atoms with E-state index in [4.69, 9.17) is 16.3 Å². The molecule has 42 heavy (non-hydrogen) atoms. The molecule has 8 nitrogen and oxygen atoms in total. The maximum Gasteiger partial charge on any atom is 0.247 e. The second-order valence-corrected chi connectivity index (χ2v) is 11.7. The Balaban J connectivity index is 1.55. The minimum atomic E-state index is -0.611. The second kappa shape index (κ2) is 12.6. The van der Waals surface area contributed by atoms with Gasteiger partial charge in [0, 0.05) is 48.4 Å². The van der Waals surface area contributed by atoms with E-state index in [-0.39, 0.29) is 5.91 Å². The smallest absolute Gasteiger partial charge is 0.247 e. The third-order valence-electron chi connectivity index (χ3n) is 7.98. The zero-order valence-corrected chi connectivity index (χ0v) is 25.4. The Morgan fingerprint density at radius 2 is 2.19 bits per heavy atom. The van der Waals surface area contributed by atoms with Crippen LogP contribution in [0.3, 0.4) is 0 Å². The number of carbonyl (C=O) groups is 1. The summed E-state index contributed by atoms with van der Waals surface area (Å²) in [4.78, 5) is 24.9. The number of hydrogen-bond acceptors (Lipinski definition) is 6. The summed E-state index contributed by atoms with van der Waals surface area (Å²) in [7, 11) is 5.53. The SMILES string of the molecule is COc1c(Cl)cccc1Nc1c(-c2ccncc2C#C[C@]2(C)CCCN2C(=O)/C=C/CN(C)C)[nH]c2c1C(O)CCC2. The number of aryl methyl sites for hydroxylation is 1. The number of nitrogens with zero attached hydrogens (tertiary/aromatic N) is 3. The Bertz CT molecular complexity index is 1550. The molecule has 1 aliphatic carbocycles. The van der Waals surface area contributed by atoms with Gasteiger partial charge in [0.25, 0.3) is 0 Å². The van der Waals surface area contributed by atoms with Crippen LogP contribution in [-0.4, -0.2) is 70.6 Å². The number of methoxy groups -OCH3 is 1. The van der Waals surface area contributed by atoms with Crippen molar-refractivity contribution in [3.8, 4) is 28.8 Å². The molecule has 2 aromatic heterocycles.